The average Bonchev–Trinajstić information content (AvgIpc) is 3.06. The van der Waals surface area contributed by atoms with E-state index in [4.69, 9.17) is 11.6 Å². The van der Waals surface area contributed by atoms with Crippen molar-refractivity contribution in [1.82, 2.24) is 0 Å². The van der Waals surface area contributed by atoms with Crippen molar-refractivity contribution < 1.29 is 9.90 Å². The van der Waals surface area contributed by atoms with Crippen LogP contribution >= 0.6 is 11.6 Å². The molecular formula is C26H34ClNO2. The fourth-order valence-electron chi connectivity index (χ4n) is 7.68. The van der Waals surface area contributed by atoms with Crippen molar-refractivity contribution in [1.29, 1.82) is 0 Å². The zero-order valence-corrected chi connectivity index (χ0v) is 18.8. The molecule has 0 unspecified atom stereocenters. The average molecular weight is 428 g/mol. The maximum Gasteiger partial charge on any atom is 0.133 e. The third kappa shape index (κ3) is 3.33. The minimum Gasteiger partial charge on any atom is -0.393 e. The van der Waals surface area contributed by atoms with Gasteiger partial charge in [0.1, 0.15) is 5.78 Å². The zero-order chi connectivity index (χ0) is 20.9. The van der Waals surface area contributed by atoms with Crippen molar-refractivity contribution in [3.05, 3.63) is 40.9 Å². The molecule has 3 fully saturated rings. The Bertz CT molecular complexity index is 866. The number of fused-ring (bicyclic) bond motifs is 5. The standard InChI is InChI=1S/C26H34ClNO2/c1-25-10-8-18(29)14-17(25)6-7-20-21(25)9-11-26(16-19(30)15-22(20)26)12-13-28-24-5-3-2-4-23(24)27/h2-6,18,20-22,28-29H,7-16H2,1H3/t18-,20+,21-,22-,25-,26-/m0/s1. The van der Waals surface area contributed by atoms with Gasteiger partial charge in [0.25, 0.3) is 0 Å². The SMILES string of the molecule is C[C@]12CC[C@H](O)CC1=CC[C@H]1[C@@H]3CC(=O)C[C@@]3(CCNc3ccccc3Cl)CC[C@@H]12. The number of carbonyl (C=O) groups is 1. The molecule has 30 heavy (non-hydrogen) atoms. The van der Waals surface area contributed by atoms with Gasteiger partial charge in [-0.25, -0.2) is 0 Å². The highest BCUT2D eigenvalue weighted by Crippen LogP contribution is 2.65. The van der Waals surface area contributed by atoms with Gasteiger partial charge >= 0.3 is 0 Å². The van der Waals surface area contributed by atoms with Crippen molar-refractivity contribution in [2.45, 2.75) is 70.8 Å². The first-order valence-corrected chi connectivity index (χ1v) is 12.2. The number of aliphatic hydroxyl groups excluding tert-OH is 1. The number of rotatable bonds is 4. The predicted molar refractivity (Wildman–Crippen MR) is 122 cm³/mol. The van der Waals surface area contributed by atoms with Gasteiger partial charge in [-0.15, -0.1) is 0 Å². The summed E-state index contributed by atoms with van der Waals surface area (Å²) in [5.74, 6) is 2.27. The molecule has 2 N–H and O–H groups in total. The van der Waals surface area contributed by atoms with Crippen LogP contribution in [-0.2, 0) is 4.79 Å². The number of allylic oxidation sites excluding steroid dienone is 1. The molecule has 4 heteroatoms. The van der Waals surface area contributed by atoms with Gasteiger partial charge in [0.05, 0.1) is 16.8 Å². The molecule has 4 aliphatic carbocycles. The first-order valence-electron chi connectivity index (χ1n) is 11.8. The summed E-state index contributed by atoms with van der Waals surface area (Å²) >= 11 is 6.32. The molecule has 1 aromatic carbocycles. The van der Waals surface area contributed by atoms with Crippen molar-refractivity contribution in [3.63, 3.8) is 0 Å². The lowest BCUT2D eigenvalue weighted by Gasteiger charge is -2.57. The quantitative estimate of drug-likeness (QED) is 0.578. The van der Waals surface area contributed by atoms with Crippen molar-refractivity contribution >= 4 is 23.1 Å². The van der Waals surface area contributed by atoms with Crippen molar-refractivity contribution in [3.8, 4) is 0 Å². The van der Waals surface area contributed by atoms with Crippen molar-refractivity contribution in [2.24, 2.45) is 28.6 Å². The number of ketones is 1. The molecule has 5 rings (SSSR count). The molecule has 0 saturated heterocycles. The molecular weight excluding hydrogens is 394 g/mol. The number of hydrogen-bond donors (Lipinski definition) is 2. The molecule has 0 aliphatic heterocycles. The first-order chi connectivity index (χ1) is 14.4. The Balaban J connectivity index is 1.35. The van der Waals surface area contributed by atoms with Crippen LogP contribution < -0.4 is 5.32 Å². The van der Waals surface area contributed by atoms with Gasteiger partial charge in [0, 0.05) is 19.4 Å². The third-order valence-corrected chi connectivity index (χ3v) is 9.55. The lowest BCUT2D eigenvalue weighted by atomic mass is 9.47. The number of benzene rings is 1. The lowest BCUT2D eigenvalue weighted by Crippen LogP contribution is -2.50. The number of nitrogens with one attached hydrogen (secondary N) is 1. The summed E-state index contributed by atoms with van der Waals surface area (Å²) < 4.78 is 0. The third-order valence-electron chi connectivity index (χ3n) is 9.22. The van der Waals surface area contributed by atoms with E-state index in [1.807, 2.05) is 24.3 Å². The highest BCUT2D eigenvalue weighted by Gasteiger charge is 2.58. The molecule has 6 atom stereocenters. The smallest absolute Gasteiger partial charge is 0.133 e. The molecule has 0 spiro atoms. The number of anilines is 1. The highest BCUT2D eigenvalue weighted by molar-refractivity contribution is 6.33. The molecule has 3 saturated carbocycles. The van der Waals surface area contributed by atoms with Gasteiger partial charge < -0.3 is 10.4 Å². The second-order valence-corrected chi connectivity index (χ2v) is 11.0. The summed E-state index contributed by atoms with van der Waals surface area (Å²) in [5.41, 5.74) is 2.88. The highest BCUT2D eigenvalue weighted by atomic mass is 35.5. The second-order valence-electron chi connectivity index (χ2n) is 10.6. The van der Waals surface area contributed by atoms with Gasteiger partial charge in [-0.1, -0.05) is 42.3 Å². The fourth-order valence-corrected chi connectivity index (χ4v) is 7.88. The normalized spacial score (nSPS) is 40.2. The Hall–Kier alpha value is -1.32. The van der Waals surface area contributed by atoms with Crippen LogP contribution in [0.15, 0.2) is 35.9 Å². The van der Waals surface area contributed by atoms with E-state index in [0.29, 0.717) is 23.5 Å². The number of halogens is 1. The van der Waals surface area contributed by atoms with Crippen LogP contribution in [0.2, 0.25) is 5.02 Å². The number of hydrogen-bond acceptors (Lipinski definition) is 3. The summed E-state index contributed by atoms with van der Waals surface area (Å²) in [7, 11) is 0. The van der Waals surface area contributed by atoms with Crippen LogP contribution in [0.1, 0.15) is 64.7 Å². The fraction of sp³-hybridized carbons (Fsp3) is 0.654. The topological polar surface area (TPSA) is 49.3 Å². The summed E-state index contributed by atoms with van der Waals surface area (Å²) in [6.07, 6.45) is 11.2. The molecule has 1 aromatic rings. The van der Waals surface area contributed by atoms with Crippen LogP contribution in [0.5, 0.6) is 0 Å². The Morgan fingerprint density at radius 2 is 2.00 bits per heavy atom. The summed E-state index contributed by atoms with van der Waals surface area (Å²) in [6.45, 7) is 3.32. The van der Waals surface area contributed by atoms with Gasteiger partial charge in [0.15, 0.2) is 0 Å². The minimum atomic E-state index is -0.160. The number of para-hydroxylation sites is 1. The maximum absolute atomic E-state index is 12.7. The van der Waals surface area contributed by atoms with Crippen molar-refractivity contribution in [2.75, 3.05) is 11.9 Å². The van der Waals surface area contributed by atoms with Crippen LogP contribution in [0.25, 0.3) is 0 Å². The van der Waals surface area contributed by atoms with Gasteiger partial charge in [0.2, 0.25) is 0 Å². The molecule has 3 nitrogen and oxygen atoms in total. The van der Waals surface area contributed by atoms with E-state index in [9.17, 15) is 9.90 Å². The summed E-state index contributed by atoms with van der Waals surface area (Å²) in [4.78, 5) is 12.7. The van der Waals surface area contributed by atoms with Crippen LogP contribution in [0, 0.1) is 28.6 Å². The van der Waals surface area contributed by atoms with Gasteiger partial charge in [-0.05, 0) is 85.7 Å². The molecule has 0 radical (unpaired) electrons. The molecule has 0 bridgehead atoms. The van der Waals surface area contributed by atoms with E-state index in [0.717, 1.165) is 62.2 Å². The first kappa shape index (κ1) is 20.6. The van der Waals surface area contributed by atoms with E-state index in [-0.39, 0.29) is 16.9 Å². The number of Topliss-reactive ketones (excluding diaryl/α,β-unsaturated/α-hetero) is 1. The predicted octanol–water partition coefficient (Wildman–Crippen LogP) is 6.01. The van der Waals surface area contributed by atoms with Crippen LogP contribution in [-0.4, -0.2) is 23.5 Å². The Morgan fingerprint density at radius 3 is 2.83 bits per heavy atom. The molecule has 162 valence electrons. The maximum atomic E-state index is 12.7. The minimum absolute atomic E-state index is 0.155. The van der Waals surface area contributed by atoms with E-state index in [2.05, 4.69) is 18.3 Å². The van der Waals surface area contributed by atoms with Crippen LogP contribution in [0.4, 0.5) is 5.69 Å². The molecule has 4 aliphatic rings. The number of carbonyl (C=O) groups excluding carboxylic acids is 1. The zero-order valence-electron chi connectivity index (χ0n) is 18.0. The Labute approximate surface area is 185 Å². The Kier molecular flexibility index (Phi) is 5.26. The van der Waals surface area contributed by atoms with E-state index in [1.165, 1.54) is 18.4 Å². The molecule has 0 aromatic heterocycles. The largest absolute Gasteiger partial charge is 0.393 e. The monoisotopic (exact) mass is 427 g/mol. The molecule has 0 heterocycles. The number of aliphatic hydroxyl groups is 1. The van der Waals surface area contributed by atoms with E-state index in [1.54, 1.807) is 0 Å². The van der Waals surface area contributed by atoms with E-state index >= 15 is 0 Å². The second kappa shape index (κ2) is 7.67. The summed E-state index contributed by atoms with van der Waals surface area (Å²) in [6, 6.07) is 7.91. The van der Waals surface area contributed by atoms with E-state index < -0.39 is 0 Å². The summed E-state index contributed by atoms with van der Waals surface area (Å²) in [5, 5.41) is 14.5. The van der Waals surface area contributed by atoms with Gasteiger partial charge in [-0.2, -0.15) is 0 Å². The lowest BCUT2D eigenvalue weighted by molar-refractivity contribution is -0.118. The van der Waals surface area contributed by atoms with Gasteiger partial charge in [-0.3, -0.25) is 4.79 Å². The Morgan fingerprint density at radius 1 is 1.17 bits per heavy atom. The molecule has 0 amide bonds. The van der Waals surface area contributed by atoms with Crippen LogP contribution in [0.3, 0.4) is 0 Å².